The van der Waals surface area contributed by atoms with Crippen LogP contribution in [0.3, 0.4) is 0 Å². The van der Waals surface area contributed by atoms with Crippen molar-refractivity contribution in [3.8, 4) is 11.5 Å². The number of carbonyl (C=O) groups excluding carboxylic acids is 1. The fraction of sp³-hybridized carbons (Fsp3) is 0.364. The van der Waals surface area contributed by atoms with Crippen LogP contribution in [0.5, 0.6) is 11.5 Å². The van der Waals surface area contributed by atoms with Crippen LogP contribution in [-0.4, -0.2) is 18.8 Å². The van der Waals surface area contributed by atoms with E-state index in [1.54, 1.807) is 6.92 Å². The van der Waals surface area contributed by atoms with Crippen LogP contribution in [-0.2, 0) is 0 Å². The zero-order valence-electron chi connectivity index (χ0n) is 9.30. The van der Waals surface area contributed by atoms with Gasteiger partial charge in [0, 0.05) is 11.6 Å². The smallest absolute Gasteiger partial charge is 0.494 e. The Morgan fingerprint density at radius 1 is 1.24 bits per heavy atom. The number of carbonyl (C=O) groups is 1. The molecule has 17 heavy (non-hydrogen) atoms. The van der Waals surface area contributed by atoms with E-state index in [2.05, 4.69) is 4.74 Å². The second kappa shape index (κ2) is 5.07. The van der Waals surface area contributed by atoms with E-state index in [0.717, 1.165) is 12.1 Å². The van der Waals surface area contributed by atoms with Crippen molar-refractivity contribution in [2.75, 3.05) is 6.61 Å². The summed E-state index contributed by atoms with van der Waals surface area (Å²) in [6.45, 7) is 3.22. The highest BCUT2D eigenvalue weighted by Gasteiger charge is 2.31. The summed E-state index contributed by atoms with van der Waals surface area (Å²) in [5.74, 6) is -0.660. The SMILES string of the molecule is CCOc1cc(OC(F)(F)F)cc(C(C)=O)c1. The van der Waals surface area contributed by atoms with Crippen molar-refractivity contribution in [2.45, 2.75) is 20.2 Å². The van der Waals surface area contributed by atoms with Crippen molar-refractivity contribution in [3.63, 3.8) is 0 Å². The van der Waals surface area contributed by atoms with Crippen LogP contribution < -0.4 is 9.47 Å². The van der Waals surface area contributed by atoms with Gasteiger partial charge in [-0.25, -0.2) is 0 Å². The molecule has 0 atom stereocenters. The first-order valence-corrected chi connectivity index (χ1v) is 4.86. The Bertz CT molecular complexity index is 413. The molecule has 0 aliphatic rings. The Kier molecular flexibility index (Phi) is 3.98. The second-order valence-corrected chi connectivity index (χ2v) is 3.23. The van der Waals surface area contributed by atoms with Gasteiger partial charge in [-0.2, -0.15) is 0 Å². The van der Waals surface area contributed by atoms with Crippen LogP contribution >= 0.6 is 0 Å². The van der Waals surface area contributed by atoms with E-state index < -0.39 is 12.1 Å². The number of rotatable bonds is 4. The van der Waals surface area contributed by atoms with Gasteiger partial charge in [0.15, 0.2) is 5.78 Å². The van der Waals surface area contributed by atoms with Crippen molar-refractivity contribution in [1.29, 1.82) is 0 Å². The number of ketones is 1. The third-order valence-corrected chi connectivity index (χ3v) is 1.83. The maximum absolute atomic E-state index is 12.0. The van der Waals surface area contributed by atoms with Crippen LogP contribution in [0.2, 0.25) is 0 Å². The lowest BCUT2D eigenvalue weighted by Crippen LogP contribution is -2.17. The molecule has 0 N–H and O–H groups in total. The molecule has 0 bridgehead atoms. The lowest BCUT2D eigenvalue weighted by molar-refractivity contribution is -0.274. The number of ether oxygens (including phenoxy) is 2. The monoisotopic (exact) mass is 248 g/mol. The van der Waals surface area contributed by atoms with Crippen molar-refractivity contribution in [3.05, 3.63) is 23.8 Å². The van der Waals surface area contributed by atoms with Crippen molar-refractivity contribution in [1.82, 2.24) is 0 Å². The summed E-state index contributed by atoms with van der Waals surface area (Å²) in [5, 5.41) is 0. The number of benzene rings is 1. The predicted molar refractivity (Wildman–Crippen MR) is 54.3 cm³/mol. The van der Waals surface area contributed by atoms with E-state index in [4.69, 9.17) is 4.74 Å². The number of hydrogen-bond acceptors (Lipinski definition) is 3. The third-order valence-electron chi connectivity index (χ3n) is 1.83. The molecule has 1 aromatic carbocycles. The molecular weight excluding hydrogens is 237 g/mol. The fourth-order valence-electron chi connectivity index (χ4n) is 1.22. The van der Waals surface area contributed by atoms with Crippen LogP contribution in [0, 0.1) is 0 Å². The molecule has 3 nitrogen and oxygen atoms in total. The molecular formula is C11H11F3O3. The lowest BCUT2D eigenvalue weighted by atomic mass is 10.1. The molecule has 0 amide bonds. The van der Waals surface area contributed by atoms with Crippen molar-refractivity contribution >= 4 is 5.78 Å². The van der Waals surface area contributed by atoms with Gasteiger partial charge in [0.05, 0.1) is 6.61 Å². The van der Waals surface area contributed by atoms with E-state index >= 15 is 0 Å². The first-order chi connectivity index (χ1) is 7.81. The minimum Gasteiger partial charge on any atom is -0.494 e. The Balaban J connectivity index is 3.07. The van der Waals surface area contributed by atoms with Crippen LogP contribution in [0.4, 0.5) is 13.2 Å². The maximum Gasteiger partial charge on any atom is 0.573 e. The van der Waals surface area contributed by atoms with Crippen molar-refractivity contribution in [2.24, 2.45) is 0 Å². The molecule has 0 heterocycles. The quantitative estimate of drug-likeness (QED) is 0.767. The second-order valence-electron chi connectivity index (χ2n) is 3.23. The average molecular weight is 248 g/mol. The fourth-order valence-corrected chi connectivity index (χ4v) is 1.22. The highest BCUT2D eigenvalue weighted by atomic mass is 19.4. The van der Waals surface area contributed by atoms with E-state index in [9.17, 15) is 18.0 Å². The zero-order valence-corrected chi connectivity index (χ0v) is 9.30. The molecule has 0 spiro atoms. The summed E-state index contributed by atoms with van der Waals surface area (Å²) in [6.07, 6.45) is -4.79. The van der Waals surface area contributed by atoms with Gasteiger partial charge in [-0.3, -0.25) is 4.79 Å². The number of alkyl halides is 3. The van der Waals surface area contributed by atoms with Crippen LogP contribution in [0.25, 0.3) is 0 Å². The van der Waals surface area contributed by atoms with Gasteiger partial charge in [0.2, 0.25) is 0 Å². The standard InChI is InChI=1S/C11H11F3O3/c1-3-16-9-4-8(7(2)15)5-10(6-9)17-11(12,13)14/h4-6H,3H2,1-2H3. The minimum absolute atomic E-state index is 0.107. The summed E-state index contributed by atoms with van der Waals surface area (Å²) >= 11 is 0. The van der Waals surface area contributed by atoms with Gasteiger partial charge in [0.25, 0.3) is 0 Å². The van der Waals surface area contributed by atoms with E-state index in [1.807, 2.05) is 0 Å². The summed E-state index contributed by atoms with van der Waals surface area (Å²) in [5.41, 5.74) is 0.107. The summed E-state index contributed by atoms with van der Waals surface area (Å²) in [4.78, 5) is 11.1. The van der Waals surface area contributed by atoms with Crippen LogP contribution in [0.1, 0.15) is 24.2 Å². The Hall–Kier alpha value is -1.72. The topological polar surface area (TPSA) is 35.5 Å². The van der Waals surface area contributed by atoms with Gasteiger partial charge in [-0.05, 0) is 26.0 Å². The average Bonchev–Trinajstić information content (AvgIpc) is 2.14. The highest BCUT2D eigenvalue weighted by Crippen LogP contribution is 2.28. The molecule has 0 saturated carbocycles. The molecule has 1 rings (SSSR count). The Morgan fingerprint density at radius 2 is 1.82 bits per heavy atom. The third kappa shape index (κ3) is 4.34. The normalized spacial score (nSPS) is 11.1. The number of Topliss-reactive ketones (excluding diaryl/α,β-unsaturated/α-hetero) is 1. The molecule has 1 aromatic rings. The maximum atomic E-state index is 12.0. The molecule has 0 unspecified atom stereocenters. The van der Waals surface area contributed by atoms with Gasteiger partial charge < -0.3 is 9.47 Å². The highest BCUT2D eigenvalue weighted by molar-refractivity contribution is 5.94. The molecule has 6 heteroatoms. The van der Waals surface area contributed by atoms with Gasteiger partial charge in [-0.1, -0.05) is 0 Å². The Labute approximate surface area is 96.1 Å². The summed E-state index contributed by atoms with van der Waals surface area (Å²) in [7, 11) is 0. The first kappa shape index (κ1) is 13.3. The lowest BCUT2D eigenvalue weighted by Gasteiger charge is -2.11. The molecule has 0 aliphatic heterocycles. The Morgan fingerprint density at radius 3 is 2.29 bits per heavy atom. The first-order valence-electron chi connectivity index (χ1n) is 4.86. The van der Waals surface area contributed by atoms with E-state index in [-0.39, 0.29) is 23.7 Å². The van der Waals surface area contributed by atoms with E-state index in [0.29, 0.717) is 0 Å². The molecule has 0 aliphatic carbocycles. The van der Waals surface area contributed by atoms with Gasteiger partial charge >= 0.3 is 6.36 Å². The van der Waals surface area contributed by atoms with E-state index in [1.165, 1.54) is 13.0 Å². The zero-order chi connectivity index (χ0) is 13.1. The molecule has 0 radical (unpaired) electrons. The number of hydrogen-bond donors (Lipinski definition) is 0. The van der Waals surface area contributed by atoms with Crippen molar-refractivity contribution < 1.29 is 27.4 Å². The largest absolute Gasteiger partial charge is 0.573 e. The molecule has 94 valence electrons. The predicted octanol–water partition coefficient (Wildman–Crippen LogP) is 3.19. The molecule has 0 aromatic heterocycles. The van der Waals surface area contributed by atoms with Gasteiger partial charge in [-0.15, -0.1) is 13.2 Å². The van der Waals surface area contributed by atoms with Crippen LogP contribution in [0.15, 0.2) is 18.2 Å². The molecule has 0 saturated heterocycles. The number of halogens is 3. The minimum atomic E-state index is -4.79. The summed E-state index contributed by atoms with van der Waals surface area (Å²) < 4.78 is 44.9. The molecule has 0 fully saturated rings. The van der Waals surface area contributed by atoms with Gasteiger partial charge in [0.1, 0.15) is 11.5 Å². The summed E-state index contributed by atoms with van der Waals surface area (Å²) in [6, 6.07) is 3.48.